The molecule has 0 aliphatic heterocycles. The summed E-state index contributed by atoms with van der Waals surface area (Å²) in [5.41, 5.74) is -0.696. The minimum atomic E-state index is -3.55. The monoisotopic (exact) mass is 470 g/mol. The highest BCUT2D eigenvalue weighted by Gasteiger charge is 2.47. The van der Waals surface area contributed by atoms with Crippen LogP contribution in [-0.4, -0.2) is 6.11 Å². The summed E-state index contributed by atoms with van der Waals surface area (Å²) in [6.07, 6.45) is 0.262. The zero-order valence-electron chi connectivity index (χ0n) is 18.7. The molecule has 2 fully saturated rings. The highest BCUT2D eigenvalue weighted by atomic mass is 19.3. The van der Waals surface area contributed by atoms with E-state index in [0.717, 1.165) is 19.3 Å². The van der Waals surface area contributed by atoms with Crippen LogP contribution in [0.5, 0.6) is 5.75 Å². The van der Waals surface area contributed by atoms with Gasteiger partial charge in [-0.25, -0.2) is 17.6 Å². The van der Waals surface area contributed by atoms with Gasteiger partial charge in [0.05, 0.1) is 5.92 Å². The van der Waals surface area contributed by atoms with Gasteiger partial charge in [-0.05, 0) is 67.9 Å². The molecule has 180 valence electrons. The normalized spacial score (nSPS) is 25.6. The van der Waals surface area contributed by atoms with E-state index in [2.05, 4.69) is 6.92 Å². The Labute approximate surface area is 190 Å². The molecule has 2 aliphatic rings. The summed E-state index contributed by atoms with van der Waals surface area (Å²) in [5, 5.41) is 0. The number of fused-ring (bicyclic) bond motifs is 1. The number of benzene rings is 2. The maximum Gasteiger partial charge on any atom is 0.400 e. The Morgan fingerprint density at radius 3 is 2.21 bits per heavy atom. The lowest BCUT2D eigenvalue weighted by molar-refractivity contribution is -0.228. The maximum atomic E-state index is 14.9. The number of halogens is 6. The standard InChI is InChI=1S/C26H28F6O/c1-14-3-5-17-10-19(8-7-16(17)9-14)26(31,32)33-20-12-22(27)21(23(28)13-20)11-18-6-4-15(2)24(29)25(18)30/h4,6,12-14,16-17,19H,3,5,7-11H2,1-2H3. The van der Waals surface area contributed by atoms with E-state index in [1.54, 1.807) is 0 Å². The fourth-order valence-corrected chi connectivity index (χ4v) is 5.49. The van der Waals surface area contributed by atoms with Gasteiger partial charge in [-0.15, -0.1) is 0 Å². The quantitative estimate of drug-likeness (QED) is 0.403. The number of hydrogen-bond donors (Lipinski definition) is 0. The summed E-state index contributed by atoms with van der Waals surface area (Å²) in [5.74, 6) is -4.89. The molecular weight excluding hydrogens is 442 g/mol. The van der Waals surface area contributed by atoms with Crippen LogP contribution in [0.1, 0.15) is 62.1 Å². The third-order valence-electron chi connectivity index (χ3n) is 7.44. The number of alkyl halides is 2. The van der Waals surface area contributed by atoms with Gasteiger partial charge in [-0.2, -0.15) is 8.78 Å². The predicted molar refractivity (Wildman–Crippen MR) is 113 cm³/mol. The largest absolute Gasteiger partial charge is 0.432 e. The zero-order chi connectivity index (χ0) is 23.9. The van der Waals surface area contributed by atoms with Crippen molar-refractivity contribution in [3.05, 3.63) is 64.2 Å². The molecule has 0 N–H and O–H groups in total. The van der Waals surface area contributed by atoms with Gasteiger partial charge in [-0.1, -0.05) is 25.5 Å². The van der Waals surface area contributed by atoms with Gasteiger partial charge in [0.25, 0.3) is 0 Å². The van der Waals surface area contributed by atoms with E-state index >= 15 is 0 Å². The predicted octanol–water partition coefficient (Wildman–Crippen LogP) is 7.97. The molecule has 4 rings (SSSR count). The SMILES string of the molecule is Cc1ccc(Cc2c(F)cc(OC(F)(F)C3CCC4CC(C)CCC4C3)cc2F)c(F)c1F. The Morgan fingerprint density at radius 2 is 1.52 bits per heavy atom. The minimum absolute atomic E-state index is 0.0694. The second-order valence-corrected chi connectivity index (χ2v) is 9.82. The second-order valence-electron chi connectivity index (χ2n) is 9.82. The number of rotatable bonds is 5. The van der Waals surface area contributed by atoms with Gasteiger partial charge in [0.15, 0.2) is 11.6 Å². The zero-order valence-corrected chi connectivity index (χ0v) is 18.7. The van der Waals surface area contributed by atoms with Crippen LogP contribution in [0.25, 0.3) is 0 Å². The van der Waals surface area contributed by atoms with Crippen molar-refractivity contribution in [1.82, 2.24) is 0 Å². The molecule has 4 atom stereocenters. The van der Waals surface area contributed by atoms with Crippen molar-refractivity contribution < 1.29 is 31.1 Å². The average Bonchev–Trinajstić information content (AvgIpc) is 2.75. The molecule has 33 heavy (non-hydrogen) atoms. The molecule has 2 aromatic carbocycles. The van der Waals surface area contributed by atoms with Crippen LogP contribution < -0.4 is 4.74 Å². The minimum Gasteiger partial charge on any atom is -0.432 e. The van der Waals surface area contributed by atoms with Gasteiger partial charge in [0, 0.05) is 24.1 Å². The van der Waals surface area contributed by atoms with E-state index in [-0.39, 0.29) is 17.0 Å². The molecule has 0 amide bonds. The third-order valence-corrected chi connectivity index (χ3v) is 7.44. The van der Waals surface area contributed by atoms with E-state index in [9.17, 15) is 26.3 Å². The van der Waals surface area contributed by atoms with E-state index in [4.69, 9.17) is 4.74 Å². The fourth-order valence-electron chi connectivity index (χ4n) is 5.49. The van der Waals surface area contributed by atoms with Crippen LogP contribution in [-0.2, 0) is 6.42 Å². The van der Waals surface area contributed by atoms with Gasteiger partial charge in [-0.3, -0.25) is 0 Å². The fraction of sp³-hybridized carbons (Fsp3) is 0.538. The molecule has 4 unspecified atom stereocenters. The van der Waals surface area contributed by atoms with Crippen LogP contribution in [0, 0.1) is 53.9 Å². The molecular formula is C26H28F6O. The summed E-state index contributed by atoms with van der Waals surface area (Å²) < 4.78 is 91.8. The molecule has 0 heterocycles. The van der Waals surface area contributed by atoms with Crippen molar-refractivity contribution in [2.45, 2.75) is 64.9 Å². The van der Waals surface area contributed by atoms with Gasteiger partial charge in [0.1, 0.15) is 17.4 Å². The van der Waals surface area contributed by atoms with Crippen LogP contribution in [0.3, 0.4) is 0 Å². The molecule has 7 heteroatoms. The first-order valence-electron chi connectivity index (χ1n) is 11.5. The molecule has 0 saturated heterocycles. The summed E-state index contributed by atoms with van der Waals surface area (Å²) in [4.78, 5) is 0. The van der Waals surface area contributed by atoms with Gasteiger partial charge in [0.2, 0.25) is 0 Å². The number of ether oxygens (including phenoxy) is 1. The molecule has 2 saturated carbocycles. The molecule has 0 spiro atoms. The van der Waals surface area contributed by atoms with E-state index in [0.29, 0.717) is 43.2 Å². The summed E-state index contributed by atoms with van der Waals surface area (Å²) in [6, 6.07) is 3.92. The van der Waals surface area contributed by atoms with Crippen molar-refractivity contribution in [1.29, 1.82) is 0 Å². The van der Waals surface area contributed by atoms with E-state index in [1.807, 2.05) is 0 Å². The lowest BCUT2D eigenvalue weighted by Gasteiger charge is -2.42. The van der Waals surface area contributed by atoms with Crippen LogP contribution in [0.15, 0.2) is 24.3 Å². The Morgan fingerprint density at radius 1 is 0.879 bits per heavy atom. The van der Waals surface area contributed by atoms with Gasteiger partial charge < -0.3 is 4.74 Å². The van der Waals surface area contributed by atoms with Crippen molar-refractivity contribution in [2.75, 3.05) is 0 Å². The van der Waals surface area contributed by atoms with Crippen LogP contribution >= 0.6 is 0 Å². The molecule has 0 bridgehead atoms. The average molecular weight is 470 g/mol. The molecule has 2 aliphatic carbocycles. The lowest BCUT2D eigenvalue weighted by Crippen LogP contribution is -2.41. The first-order chi connectivity index (χ1) is 15.5. The van der Waals surface area contributed by atoms with Crippen LogP contribution in [0.2, 0.25) is 0 Å². The van der Waals surface area contributed by atoms with Crippen molar-refractivity contribution in [3.8, 4) is 5.75 Å². The second kappa shape index (κ2) is 9.22. The topological polar surface area (TPSA) is 9.23 Å². The third kappa shape index (κ3) is 5.02. The van der Waals surface area contributed by atoms with E-state index in [1.165, 1.54) is 19.1 Å². The summed E-state index contributed by atoms with van der Waals surface area (Å²) in [7, 11) is 0. The Kier molecular flexibility index (Phi) is 6.70. The Hall–Kier alpha value is -2.18. The van der Waals surface area contributed by atoms with E-state index < -0.39 is 53.0 Å². The van der Waals surface area contributed by atoms with Crippen molar-refractivity contribution >= 4 is 0 Å². The van der Waals surface area contributed by atoms with Crippen molar-refractivity contribution in [3.63, 3.8) is 0 Å². The number of aryl methyl sites for hydroxylation is 1. The van der Waals surface area contributed by atoms with Gasteiger partial charge >= 0.3 is 6.11 Å². The highest BCUT2D eigenvalue weighted by Crippen LogP contribution is 2.48. The molecule has 1 nitrogen and oxygen atoms in total. The summed E-state index contributed by atoms with van der Waals surface area (Å²) in [6.45, 7) is 3.56. The van der Waals surface area contributed by atoms with Crippen LogP contribution in [0.4, 0.5) is 26.3 Å². The smallest absolute Gasteiger partial charge is 0.400 e. The first-order valence-corrected chi connectivity index (χ1v) is 11.5. The van der Waals surface area contributed by atoms with Crippen molar-refractivity contribution in [2.24, 2.45) is 23.7 Å². The molecule has 0 aromatic heterocycles. The Bertz CT molecular complexity index is 997. The Balaban J connectivity index is 1.48. The first kappa shape index (κ1) is 24.0. The highest BCUT2D eigenvalue weighted by molar-refractivity contribution is 5.36. The molecule has 0 radical (unpaired) electrons. The summed E-state index contributed by atoms with van der Waals surface area (Å²) >= 11 is 0. The molecule has 2 aromatic rings. The number of hydrogen-bond acceptors (Lipinski definition) is 1. The lowest BCUT2D eigenvalue weighted by atomic mass is 9.65. The maximum absolute atomic E-state index is 14.9.